The van der Waals surface area contributed by atoms with Crippen molar-refractivity contribution in [3.05, 3.63) is 53.1 Å². The Kier molecular flexibility index (Phi) is 7.98. The molecule has 1 fully saturated rings. The summed E-state index contributed by atoms with van der Waals surface area (Å²) in [5.74, 6) is 2.04. The SMILES string of the molecule is COc1ccc(C(=O)NCC2CCN(C(=O)COc3ccc(C)cc3C)CC2)cc1OC. The fourth-order valence-electron chi connectivity index (χ4n) is 3.90. The molecule has 7 nitrogen and oxygen atoms in total. The zero-order valence-electron chi connectivity index (χ0n) is 19.3. The normalized spacial score (nSPS) is 14.1. The number of ether oxygens (including phenoxy) is 3. The van der Waals surface area contributed by atoms with Crippen LogP contribution < -0.4 is 19.5 Å². The summed E-state index contributed by atoms with van der Waals surface area (Å²) < 4.78 is 16.2. The number of nitrogens with zero attached hydrogens (tertiary/aromatic N) is 1. The van der Waals surface area contributed by atoms with Crippen LogP contribution in [-0.2, 0) is 4.79 Å². The topological polar surface area (TPSA) is 77.1 Å². The molecule has 7 heteroatoms. The standard InChI is InChI=1S/C25H32N2O5/c1-17-5-7-21(18(2)13-17)32-16-24(28)27-11-9-19(10-12-27)15-26-25(29)20-6-8-22(30-3)23(14-20)31-4/h5-8,13-14,19H,9-12,15-16H2,1-4H3,(H,26,29). The number of rotatable bonds is 8. The molecule has 0 atom stereocenters. The monoisotopic (exact) mass is 440 g/mol. The lowest BCUT2D eigenvalue weighted by molar-refractivity contribution is -0.134. The summed E-state index contributed by atoms with van der Waals surface area (Å²) >= 11 is 0. The number of carbonyl (C=O) groups is 2. The molecule has 0 bridgehead atoms. The number of hydrogen-bond acceptors (Lipinski definition) is 5. The van der Waals surface area contributed by atoms with Crippen LogP contribution in [0.5, 0.6) is 17.2 Å². The van der Waals surface area contributed by atoms with Gasteiger partial charge in [0, 0.05) is 25.2 Å². The fourth-order valence-corrected chi connectivity index (χ4v) is 3.90. The lowest BCUT2D eigenvalue weighted by Crippen LogP contribution is -2.43. The van der Waals surface area contributed by atoms with Crippen LogP contribution in [0.25, 0.3) is 0 Å². The molecule has 1 aliphatic heterocycles. The van der Waals surface area contributed by atoms with E-state index in [9.17, 15) is 9.59 Å². The van der Waals surface area contributed by atoms with Gasteiger partial charge < -0.3 is 24.4 Å². The Labute approximate surface area is 189 Å². The van der Waals surface area contributed by atoms with Crippen molar-refractivity contribution >= 4 is 11.8 Å². The second-order valence-corrected chi connectivity index (χ2v) is 8.16. The van der Waals surface area contributed by atoms with Crippen LogP contribution in [-0.4, -0.2) is 57.2 Å². The van der Waals surface area contributed by atoms with E-state index in [1.54, 1.807) is 32.4 Å². The predicted molar refractivity (Wildman–Crippen MR) is 123 cm³/mol. The Hall–Kier alpha value is -3.22. The lowest BCUT2D eigenvalue weighted by atomic mass is 9.96. The van der Waals surface area contributed by atoms with Gasteiger partial charge in [-0.2, -0.15) is 0 Å². The highest BCUT2D eigenvalue weighted by Gasteiger charge is 2.24. The third kappa shape index (κ3) is 5.93. The van der Waals surface area contributed by atoms with Gasteiger partial charge in [-0.1, -0.05) is 17.7 Å². The van der Waals surface area contributed by atoms with E-state index in [0.717, 1.165) is 24.2 Å². The number of carbonyl (C=O) groups excluding carboxylic acids is 2. The van der Waals surface area contributed by atoms with E-state index in [1.807, 2.05) is 36.9 Å². The van der Waals surface area contributed by atoms with Gasteiger partial charge in [0.05, 0.1) is 14.2 Å². The van der Waals surface area contributed by atoms with Crippen molar-refractivity contribution < 1.29 is 23.8 Å². The molecule has 1 aliphatic rings. The van der Waals surface area contributed by atoms with E-state index in [0.29, 0.717) is 42.6 Å². The van der Waals surface area contributed by atoms with Crippen LogP contribution in [0.4, 0.5) is 0 Å². The molecule has 2 amide bonds. The zero-order valence-corrected chi connectivity index (χ0v) is 19.3. The Balaban J connectivity index is 1.42. The first kappa shape index (κ1) is 23.4. The molecule has 1 heterocycles. The average Bonchev–Trinajstić information content (AvgIpc) is 2.81. The van der Waals surface area contributed by atoms with E-state index in [2.05, 4.69) is 5.32 Å². The van der Waals surface area contributed by atoms with Crippen molar-refractivity contribution in [1.82, 2.24) is 10.2 Å². The molecule has 0 aromatic heterocycles. The second kappa shape index (κ2) is 10.9. The Morgan fingerprint density at radius 2 is 1.66 bits per heavy atom. The first-order chi connectivity index (χ1) is 15.4. The molecule has 2 aromatic carbocycles. The van der Waals surface area contributed by atoms with Gasteiger partial charge in [0.1, 0.15) is 5.75 Å². The van der Waals surface area contributed by atoms with Gasteiger partial charge in [-0.3, -0.25) is 9.59 Å². The number of hydrogen-bond donors (Lipinski definition) is 1. The van der Waals surface area contributed by atoms with Crippen molar-refractivity contribution in [2.75, 3.05) is 40.5 Å². The van der Waals surface area contributed by atoms with Crippen molar-refractivity contribution in [2.45, 2.75) is 26.7 Å². The Morgan fingerprint density at radius 3 is 2.31 bits per heavy atom. The highest BCUT2D eigenvalue weighted by molar-refractivity contribution is 5.94. The summed E-state index contributed by atoms with van der Waals surface area (Å²) in [7, 11) is 3.10. The maximum Gasteiger partial charge on any atom is 0.260 e. The zero-order chi connectivity index (χ0) is 23.1. The number of aryl methyl sites for hydroxylation is 2. The number of methoxy groups -OCH3 is 2. The quantitative estimate of drug-likeness (QED) is 0.681. The first-order valence-electron chi connectivity index (χ1n) is 10.9. The summed E-state index contributed by atoms with van der Waals surface area (Å²) in [6.07, 6.45) is 1.70. The van der Waals surface area contributed by atoms with Crippen molar-refractivity contribution in [3.8, 4) is 17.2 Å². The van der Waals surface area contributed by atoms with Crippen LogP contribution >= 0.6 is 0 Å². The smallest absolute Gasteiger partial charge is 0.260 e. The number of likely N-dealkylation sites (tertiary alicyclic amines) is 1. The molecule has 0 saturated carbocycles. The summed E-state index contributed by atoms with van der Waals surface area (Å²) in [6.45, 7) is 5.98. The average molecular weight is 441 g/mol. The molecule has 3 rings (SSSR count). The molecule has 0 radical (unpaired) electrons. The second-order valence-electron chi connectivity index (χ2n) is 8.16. The Morgan fingerprint density at radius 1 is 0.969 bits per heavy atom. The highest BCUT2D eigenvalue weighted by atomic mass is 16.5. The number of piperidine rings is 1. The van der Waals surface area contributed by atoms with Crippen LogP contribution in [0.15, 0.2) is 36.4 Å². The van der Waals surface area contributed by atoms with E-state index < -0.39 is 0 Å². The van der Waals surface area contributed by atoms with Gasteiger partial charge in [-0.15, -0.1) is 0 Å². The van der Waals surface area contributed by atoms with E-state index in [1.165, 1.54) is 5.56 Å². The number of benzene rings is 2. The first-order valence-corrected chi connectivity index (χ1v) is 10.9. The number of amides is 2. The minimum absolute atomic E-state index is 0.00205. The third-order valence-corrected chi connectivity index (χ3v) is 5.85. The van der Waals surface area contributed by atoms with Crippen LogP contribution in [0.3, 0.4) is 0 Å². The molecular weight excluding hydrogens is 408 g/mol. The Bertz CT molecular complexity index is 951. The molecular formula is C25H32N2O5. The van der Waals surface area contributed by atoms with Gasteiger partial charge in [0.15, 0.2) is 18.1 Å². The molecule has 0 spiro atoms. The molecule has 0 unspecified atom stereocenters. The van der Waals surface area contributed by atoms with E-state index in [-0.39, 0.29) is 18.4 Å². The summed E-state index contributed by atoms with van der Waals surface area (Å²) in [4.78, 5) is 26.9. The van der Waals surface area contributed by atoms with Gasteiger partial charge in [-0.05, 0) is 62.4 Å². The molecule has 1 saturated heterocycles. The van der Waals surface area contributed by atoms with Gasteiger partial charge in [0.25, 0.3) is 11.8 Å². The predicted octanol–water partition coefficient (Wildman–Crippen LogP) is 3.37. The minimum Gasteiger partial charge on any atom is -0.493 e. The lowest BCUT2D eigenvalue weighted by Gasteiger charge is -2.32. The summed E-state index contributed by atoms with van der Waals surface area (Å²) in [5, 5.41) is 3.00. The molecule has 0 aliphatic carbocycles. The van der Waals surface area contributed by atoms with Crippen molar-refractivity contribution in [2.24, 2.45) is 5.92 Å². The van der Waals surface area contributed by atoms with Gasteiger partial charge in [0.2, 0.25) is 0 Å². The van der Waals surface area contributed by atoms with Crippen LogP contribution in [0.1, 0.15) is 34.3 Å². The third-order valence-electron chi connectivity index (χ3n) is 5.85. The molecule has 2 aromatic rings. The van der Waals surface area contributed by atoms with Crippen LogP contribution in [0.2, 0.25) is 0 Å². The van der Waals surface area contributed by atoms with E-state index >= 15 is 0 Å². The van der Waals surface area contributed by atoms with Crippen molar-refractivity contribution in [3.63, 3.8) is 0 Å². The van der Waals surface area contributed by atoms with Gasteiger partial charge in [-0.25, -0.2) is 0 Å². The maximum atomic E-state index is 12.5. The molecule has 1 N–H and O–H groups in total. The largest absolute Gasteiger partial charge is 0.493 e. The molecule has 32 heavy (non-hydrogen) atoms. The minimum atomic E-state index is -0.147. The van der Waals surface area contributed by atoms with E-state index in [4.69, 9.17) is 14.2 Å². The number of nitrogens with one attached hydrogen (secondary N) is 1. The summed E-state index contributed by atoms with van der Waals surface area (Å²) in [6, 6.07) is 11.0. The summed E-state index contributed by atoms with van der Waals surface area (Å²) in [5.41, 5.74) is 2.72. The maximum absolute atomic E-state index is 12.5. The highest BCUT2D eigenvalue weighted by Crippen LogP contribution is 2.27. The fraction of sp³-hybridized carbons (Fsp3) is 0.440. The van der Waals surface area contributed by atoms with Crippen molar-refractivity contribution in [1.29, 1.82) is 0 Å². The molecule has 172 valence electrons. The van der Waals surface area contributed by atoms with Crippen LogP contribution in [0, 0.1) is 19.8 Å². The van der Waals surface area contributed by atoms with Gasteiger partial charge >= 0.3 is 0 Å².